The number of hydrogen-bond donors (Lipinski definition) is 2. The summed E-state index contributed by atoms with van der Waals surface area (Å²) in [4.78, 5) is 24.9. The largest absolute Gasteiger partial charge is 0.483 e. The lowest BCUT2D eigenvalue weighted by molar-refractivity contribution is -0.122. The van der Waals surface area contributed by atoms with Gasteiger partial charge in [0.2, 0.25) is 0 Å². The van der Waals surface area contributed by atoms with Gasteiger partial charge in [-0.15, -0.1) is 0 Å². The van der Waals surface area contributed by atoms with Crippen molar-refractivity contribution < 1.29 is 29.3 Å². The average Bonchev–Trinajstić information content (AvgIpc) is 3.00. The molecule has 3 rings (SSSR count). The molecular formula is C22H34N2O6. The normalized spacial score (nSPS) is 20.1. The fourth-order valence-electron chi connectivity index (χ4n) is 4.02. The summed E-state index contributed by atoms with van der Waals surface area (Å²) < 4.78 is 11.2. The van der Waals surface area contributed by atoms with E-state index in [9.17, 15) is 4.79 Å². The predicted molar refractivity (Wildman–Crippen MR) is 113 cm³/mol. The van der Waals surface area contributed by atoms with Crippen molar-refractivity contribution in [3.05, 3.63) is 35.4 Å². The van der Waals surface area contributed by atoms with E-state index in [1.54, 1.807) is 11.9 Å². The fraction of sp³-hybridized carbons (Fsp3) is 0.636. The Bertz CT molecular complexity index is 648. The van der Waals surface area contributed by atoms with E-state index in [4.69, 9.17) is 24.5 Å². The van der Waals surface area contributed by atoms with Crippen molar-refractivity contribution in [1.82, 2.24) is 9.80 Å². The third-order valence-corrected chi connectivity index (χ3v) is 5.45. The average molecular weight is 423 g/mol. The number of carboxylic acid groups (broad SMARTS) is 1. The second-order valence-corrected chi connectivity index (χ2v) is 7.89. The SMILES string of the molecule is CN(CCO)C(=O)c1cccc(CC2CCN(CC3COCCOC3)C2)c1.O=CO. The highest BCUT2D eigenvalue weighted by Crippen LogP contribution is 2.23. The maximum absolute atomic E-state index is 12.4. The van der Waals surface area contributed by atoms with E-state index < -0.39 is 0 Å². The molecule has 2 fully saturated rings. The number of rotatable bonds is 7. The molecule has 0 aromatic heterocycles. The van der Waals surface area contributed by atoms with Crippen LogP contribution in [0.1, 0.15) is 22.3 Å². The van der Waals surface area contributed by atoms with Crippen LogP contribution in [-0.4, -0.2) is 98.7 Å². The number of aliphatic hydroxyl groups excluding tert-OH is 1. The zero-order chi connectivity index (χ0) is 21.8. The van der Waals surface area contributed by atoms with E-state index in [1.807, 2.05) is 18.2 Å². The van der Waals surface area contributed by atoms with Crippen molar-refractivity contribution in [3.8, 4) is 0 Å². The van der Waals surface area contributed by atoms with Gasteiger partial charge in [-0.05, 0) is 43.0 Å². The van der Waals surface area contributed by atoms with Crippen LogP contribution in [-0.2, 0) is 20.7 Å². The molecular weight excluding hydrogens is 388 g/mol. The van der Waals surface area contributed by atoms with E-state index in [0.717, 1.165) is 39.3 Å². The summed E-state index contributed by atoms with van der Waals surface area (Å²) in [6.07, 6.45) is 2.19. The van der Waals surface area contributed by atoms with Gasteiger partial charge in [0.25, 0.3) is 12.4 Å². The van der Waals surface area contributed by atoms with Gasteiger partial charge in [0.05, 0.1) is 33.0 Å². The molecule has 2 aliphatic heterocycles. The first-order valence-corrected chi connectivity index (χ1v) is 10.5. The fourth-order valence-corrected chi connectivity index (χ4v) is 4.02. The molecule has 0 spiro atoms. The van der Waals surface area contributed by atoms with Gasteiger partial charge in [-0.1, -0.05) is 12.1 Å². The van der Waals surface area contributed by atoms with Crippen molar-refractivity contribution in [3.63, 3.8) is 0 Å². The maximum Gasteiger partial charge on any atom is 0.290 e. The summed E-state index contributed by atoms with van der Waals surface area (Å²) >= 11 is 0. The van der Waals surface area contributed by atoms with Gasteiger partial charge in [0.1, 0.15) is 0 Å². The molecule has 1 aromatic rings. The molecule has 30 heavy (non-hydrogen) atoms. The Balaban J connectivity index is 0.00000101. The molecule has 1 atom stereocenters. The summed E-state index contributed by atoms with van der Waals surface area (Å²) in [5.41, 5.74) is 1.91. The number of hydrogen-bond acceptors (Lipinski definition) is 6. The number of likely N-dealkylation sites (tertiary alicyclic amines) is 1. The summed E-state index contributed by atoms with van der Waals surface area (Å²) in [7, 11) is 1.72. The predicted octanol–water partition coefficient (Wildman–Crippen LogP) is 0.979. The Hall–Kier alpha value is -2.00. The molecule has 1 aromatic carbocycles. The van der Waals surface area contributed by atoms with E-state index in [2.05, 4.69) is 11.0 Å². The first-order chi connectivity index (χ1) is 14.6. The van der Waals surface area contributed by atoms with Crippen molar-refractivity contribution in [2.24, 2.45) is 11.8 Å². The van der Waals surface area contributed by atoms with Gasteiger partial charge in [-0.25, -0.2) is 0 Å². The Morgan fingerprint density at radius 1 is 1.27 bits per heavy atom. The molecule has 0 bridgehead atoms. The minimum absolute atomic E-state index is 0.0170. The number of ether oxygens (including phenoxy) is 2. The number of nitrogens with zero attached hydrogens (tertiary/aromatic N) is 2. The van der Waals surface area contributed by atoms with Gasteiger partial charge >= 0.3 is 0 Å². The number of amides is 1. The molecule has 1 amide bonds. The van der Waals surface area contributed by atoms with Crippen LogP contribution in [0.4, 0.5) is 0 Å². The quantitative estimate of drug-likeness (QED) is 0.632. The molecule has 0 radical (unpaired) electrons. The summed E-state index contributed by atoms with van der Waals surface area (Å²) in [6.45, 7) is 6.37. The van der Waals surface area contributed by atoms with E-state index >= 15 is 0 Å². The third-order valence-electron chi connectivity index (χ3n) is 5.45. The summed E-state index contributed by atoms with van der Waals surface area (Å²) in [5.74, 6) is 1.06. The molecule has 1 unspecified atom stereocenters. The Labute approximate surface area is 178 Å². The van der Waals surface area contributed by atoms with E-state index in [-0.39, 0.29) is 19.0 Å². The first-order valence-electron chi connectivity index (χ1n) is 10.5. The molecule has 2 heterocycles. The minimum Gasteiger partial charge on any atom is -0.483 e. The zero-order valence-corrected chi connectivity index (χ0v) is 17.7. The highest BCUT2D eigenvalue weighted by atomic mass is 16.5. The van der Waals surface area contributed by atoms with Crippen LogP contribution in [0.5, 0.6) is 0 Å². The second-order valence-electron chi connectivity index (χ2n) is 7.89. The Morgan fingerprint density at radius 3 is 2.63 bits per heavy atom. The van der Waals surface area contributed by atoms with Gasteiger partial charge < -0.3 is 29.5 Å². The van der Waals surface area contributed by atoms with E-state index in [0.29, 0.717) is 37.2 Å². The van der Waals surface area contributed by atoms with Crippen molar-refractivity contribution in [1.29, 1.82) is 0 Å². The molecule has 2 saturated heterocycles. The lowest BCUT2D eigenvalue weighted by Gasteiger charge is -2.22. The summed E-state index contributed by atoms with van der Waals surface area (Å²) in [5, 5.41) is 15.9. The first kappa shape index (κ1) is 24.3. The van der Waals surface area contributed by atoms with Crippen LogP contribution in [0.3, 0.4) is 0 Å². The van der Waals surface area contributed by atoms with Crippen LogP contribution in [0, 0.1) is 11.8 Å². The zero-order valence-electron chi connectivity index (χ0n) is 17.7. The maximum atomic E-state index is 12.4. The van der Waals surface area contributed by atoms with Gasteiger partial charge in [-0.3, -0.25) is 9.59 Å². The minimum atomic E-state index is -0.250. The van der Waals surface area contributed by atoms with Crippen molar-refractivity contribution >= 4 is 12.4 Å². The van der Waals surface area contributed by atoms with E-state index in [1.165, 1.54) is 12.0 Å². The number of carbonyl (C=O) groups is 2. The Kier molecular flexibility index (Phi) is 10.8. The van der Waals surface area contributed by atoms with Crippen molar-refractivity contribution in [2.75, 3.05) is 66.3 Å². The van der Waals surface area contributed by atoms with Gasteiger partial charge in [0.15, 0.2) is 0 Å². The number of aliphatic hydroxyl groups is 1. The smallest absolute Gasteiger partial charge is 0.290 e. The molecule has 8 heteroatoms. The number of benzene rings is 1. The molecule has 0 saturated carbocycles. The number of likely N-dealkylation sites (N-methyl/N-ethyl adjacent to an activating group) is 1. The second kappa shape index (κ2) is 13.3. The standard InChI is InChI=1S/C21H32N2O4.CH2O2/c1-22(7-8-24)21(25)20-4-2-3-17(12-20)11-18-5-6-23(13-18)14-19-15-26-9-10-27-16-19;2-1-3/h2-4,12,18-19,24H,5-11,13-16H2,1H3;1H,(H,2,3). The number of carbonyl (C=O) groups excluding carboxylic acids is 1. The highest BCUT2D eigenvalue weighted by Gasteiger charge is 2.26. The van der Waals surface area contributed by atoms with Crippen LogP contribution < -0.4 is 0 Å². The van der Waals surface area contributed by atoms with Gasteiger partial charge in [0, 0.05) is 38.2 Å². The van der Waals surface area contributed by atoms with Gasteiger partial charge in [-0.2, -0.15) is 0 Å². The van der Waals surface area contributed by atoms with Crippen LogP contribution in [0.15, 0.2) is 24.3 Å². The van der Waals surface area contributed by atoms with Crippen LogP contribution in [0.2, 0.25) is 0 Å². The highest BCUT2D eigenvalue weighted by molar-refractivity contribution is 5.94. The molecule has 2 N–H and O–H groups in total. The molecule has 8 nitrogen and oxygen atoms in total. The topological polar surface area (TPSA) is 99.5 Å². The third kappa shape index (κ3) is 8.02. The Morgan fingerprint density at radius 2 is 1.97 bits per heavy atom. The lowest BCUT2D eigenvalue weighted by atomic mass is 9.97. The van der Waals surface area contributed by atoms with Crippen LogP contribution in [0.25, 0.3) is 0 Å². The molecule has 2 aliphatic rings. The monoisotopic (exact) mass is 422 g/mol. The summed E-state index contributed by atoms with van der Waals surface area (Å²) in [6, 6.07) is 7.93. The molecule has 0 aliphatic carbocycles. The van der Waals surface area contributed by atoms with Crippen LogP contribution >= 0.6 is 0 Å². The molecule has 168 valence electrons. The lowest BCUT2D eigenvalue weighted by Crippen LogP contribution is -2.31. The van der Waals surface area contributed by atoms with Crippen molar-refractivity contribution in [2.45, 2.75) is 12.8 Å².